The molecule has 1 unspecified atom stereocenters. The second kappa shape index (κ2) is 11.2. The Balaban J connectivity index is 0.000000137. The minimum atomic E-state index is 0.590. The maximum absolute atomic E-state index is 2.71. The zero-order valence-electron chi connectivity index (χ0n) is 29.1. The molecular formula is C42H70. The zero-order valence-corrected chi connectivity index (χ0v) is 29.1. The van der Waals surface area contributed by atoms with Gasteiger partial charge in [0.25, 0.3) is 0 Å². The molecule has 0 aromatic rings. The van der Waals surface area contributed by atoms with Gasteiger partial charge in [-0.2, -0.15) is 0 Å². The number of hydrogen-bond acceptors (Lipinski definition) is 0. The fourth-order valence-corrected chi connectivity index (χ4v) is 15.6. The van der Waals surface area contributed by atoms with Gasteiger partial charge < -0.3 is 0 Å². The minimum Gasteiger partial charge on any atom is -0.0848 e. The van der Waals surface area contributed by atoms with Crippen molar-refractivity contribution in [2.24, 2.45) is 74.9 Å². The van der Waals surface area contributed by atoms with E-state index in [0.29, 0.717) is 16.2 Å². The average molecular weight is 575 g/mol. The molecule has 0 radical (unpaired) electrons. The van der Waals surface area contributed by atoms with Gasteiger partial charge in [0.15, 0.2) is 0 Å². The lowest BCUT2D eigenvalue weighted by atomic mass is 9.45. The summed E-state index contributed by atoms with van der Waals surface area (Å²) in [6.45, 7) is 15.6. The zero-order chi connectivity index (χ0) is 29.3. The van der Waals surface area contributed by atoms with Gasteiger partial charge >= 0.3 is 0 Å². The molecule has 7 fully saturated rings. The van der Waals surface area contributed by atoms with E-state index in [1.165, 1.54) is 77.0 Å². The van der Waals surface area contributed by atoms with E-state index in [0.717, 1.165) is 58.7 Å². The van der Waals surface area contributed by atoms with Crippen molar-refractivity contribution in [1.82, 2.24) is 0 Å². The van der Waals surface area contributed by atoms with Crippen LogP contribution in [-0.2, 0) is 0 Å². The van der Waals surface area contributed by atoms with E-state index in [-0.39, 0.29) is 0 Å². The van der Waals surface area contributed by atoms with Crippen molar-refractivity contribution in [2.75, 3.05) is 0 Å². The molecular weight excluding hydrogens is 504 g/mol. The average Bonchev–Trinajstić information content (AvgIpc) is 3.52. The lowest BCUT2D eigenvalue weighted by Gasteiger charge is -2.60. The molecule has 0 heterocycles. The van der Waals surface area contributed by atoms with E-state index < -0.39 is 0 Å². The standard InChI is InChI=1S/C21H36.C21H34/c2*1-4-15-9-11-18-17-10-8-16-7-5-6-13-20(16,2)19(17)12-14-21(15,18)3/h15-19H,4-14H2,1-3H3;7,15,17-19H,4-6,8-14H2,1-3H3/t15-,16?,17-,18-,19-,20-,21+;15-,17-,18-,19-,20-,21+/m00/s1. The van der Waals surface area contributed by atoms with E-state index in [2.05, 4.69) is 47.6 Å². The first-order valence-corrected chi connectivity index (χ1v) is 19.9. The van der Waals surface area contributed by atoms with Crippen LogP contribution in [0.25, 0.3) is 0 Å². The fraction of sp³-hybridized carbons (Fsp3) is 0.952. The minimum absolute atomic E-state index is 0.590. The highest BCUT2D eigenvalue weighted by Crippen LogP contribution is 2.69. The van der Waals surface area contributed by atoms with Gasteiger partial charge in [-0.3, -0.25) is 0 Å². The van der Waals surface area contributed by atoms with E-state index in [1.54, 1.807) is 57.8 Å². The van der Waals surface area contributed by atoms with Crippen molar-refractivity contribution < 1.29 is 0 Å². The van der Waals surface area contributed by atoms with Gasteiger partial charge in [-0.1, -0.05) is 78.9 Å². The van der Waals surface area contributed by atoms with Crippen LogP contribution in [0.4, 0.5) is 0 Å². The third-order valence-electron chi connectivity index (χ3n) is 18.0. The van der Waals surface area contributed by atoms with Crippen LogP contribution in [0.3, 0.4) is 0 Å². The Morgan fingerprint density at radius 2 is 1.17 bits per heavy atom. The normalized spacial score (nSPS) is 54.5. The molecule has 0 bridgehead atoms. The van der Waals surface area contributed by atoms with Crippen LogP contribution in [0.1, 0.15) is 176 Å². The summed E-state index contributed by atoms with van der Waals surface area (Å²) in [7, 11) is 0. The Morgan fingerprint density at radius 1 is 0.548 bits per heavy atom. The molecule has 8 aliphatic rings. The highest BCUT2D eigenvalue weighted by Gasteiger charge is 2.60. The summed E-state index contributed by atoms with van der Waals surface area (Å²) in [6, 6.07) is 0. The van der Waals surface area contributed by atoms with Crippen molar-refractivity contribution in [2.45, 2.75) is 176 Å². The number of fused-ring (bicyclic) bond motifs is 10. The predicted molar refractivity (Wildman–Crippen MR) is 180 cm³/mol. The van der Waals surface area contributed by atoms with Crippen molar-refractivity contribution in [3.63, 3.8) is 0 Å². The molecule has 13 atom stereocenters. The lowest BCUT2D eigenvalue weighted by Crippen LogP contribution is -2.52. The fourth-order valence-electron chi connectivity index (χ4n) is 15.6. The van der Waals surface area contributed by atoms with Gasteiger partial charge in [-0.15, -0.1) is 0 Å². The molecule has 7 saturated carbocycles. The number of rotatable bonds is 2. The van der Waals surface area contributed by atoms with Crippen LogP contribution in [0, 0.1) is 74.9 Å². The molecule has 0 aromatic carbocycles. The Labute approximate surface area is 262 Å². The lowest BCUT2D eigenvalue weighted by molar-refractivity contribution is -0.110. The molecule has 0 heteroatoms. The first-order chi connectivity index (χ1) is 20.2. The molecule has 0 aliphatic heterocycles. The third-order valence-corrected chi connectivity index (χ3v) is 18.0. The molecule has 0 aromatic heterocycles. The second-order valence-corrected chi connectivity index (χ2v) is 18.8. The smallest absolute Gasteiger partial charge is 0.00853 e. The molecule has 0 amide bonds. The Bertz CT molecular complexity index is 1010. The molecule has 0 spiro atoms. The van der Waals surface area contributed by atoms with E-state index in [4.69, 9.17) is 0 Å². The first kappa shape index (κ1) is 30.4. The van der Waals surface area contributed by atoms with Crippen LogP contribution < -0.4 is 0 Å². The highest BCUT2D eigenvalue weighted by atomic mass is 14.6. The Kier molecular flexibility index (Phi) is 8.12. The highest BCUT2D eigenvalue weighted by molar-refractivity contribution is 5.23. The molecule has 0 N–H and O–H groups in total. The molecule has 42 heavy (non-hydrogen) atoms. The van der Waals surface area contributed by atoms with Crippen LogP contribution in [0.2, 0.25) is 0 Å². The molecule has 8 rings (SSSR count). The SMILES string of the molecule is CC[C@H]1CC[C@H]2[C@@H]3CCC4=CCCC[C@]4(C)[C@H]3CC[C@]12C.CC[C@H]1CC[C@H]2[C@@H]3CCC4CCCC[C@]4(C)[C@H]3CC[C@]12C. The van der Waals surface area contributed by atoms with Crippen LogP contribution in [-0.4, -0.2) is 0 Å². The number of hydrogen-bond donors (Lipinski definition) is 0. The van der Waals surface area contributed by atoms with Crippen LogP contribution in [0.15, 0.2) is 11.6 Å². The van der Waals surface area contributed by atoms with Gasteiger partial charge in [0, 0.05) is 0 Å². The molecule has 0 saturated heterocycles. The quantitative estimate of drug-likeness (QED) is 0.288. The van der Waals surface area contributed by atoms with Crippen molar-refractivity contribution >= 4 is 0 Å². The summed E-state index contributed by atoms with van der Waals surface area (Å²) >= 11 is 0. The van der Waals surface area contributed by atoms with E-state index in [9.17, 15) is 0 Å². The Morgan fingerprint density at radius 3 is 1.83 bits per heavy atom. The summed E-state index contributed by atoms with van der Waals surface area (Å²) in [5.74, 6) is 9.56. The predicted octanol–water partition coefficient (Wildman–Crippen LogP) is 12.8. The monoisotopic (exact) mass is 575 g/mol. The second-order valence-electron chi connectivity index (χ2n) is 18.8. The van der Waals surface area contributed by atoms with E-state index >= 15 is 0 Å². The summed E-state index contributed by atoms with van der Waals surface area (Å²) < 4.78 is 0. The molecule has 238 valence electrons. The van der Waals surface area contributed by atoms with E-state index in [1.807, 2.05) is 5.57 Å². The third kappa shape index (κ3) is 4.45. The van der Waals surface area contributed by atoms with Gasteiger partial charge in [0.05, 0.1) is 0 Å². The largest absolute Gasteiger partial charge is 0.0848 e. The Hall–Kier alpha value is -0.260. The van der Waals surface area contributed by atoms with Crippen LogP contribution in [0.5, 0.6) is 0 Å². The van der Waals surface area contributed by atoms with Crippen molar-refractivity contribution in [3.05, 3.63) is 11.6 Å². The van der Waals surface area contributed by atoms with Crippen molar-refractivity contribution in [3.8, 4) is 0 Å². The molecule has 8 aliphatic carbocycles. The number of allylic oxidation sites excluding steroid dienone is 2. The van der Waals surface area contributed by atoms with Gasteiger partial charge in [0.1, 0.15) is 0 Å². The maximum Gasteiger partial charge on any atom is -0.00853 e. The van der Waals surface area contributed by atoms with Crippen molar-refractivity contribution in [1.29, 1.82) is 0 Å². The first-order valence-electron chi connectivity index (χ1n) is 19.9. The maximum atomic E-state index is 2.71. The summed E-state index contributed by atoms with van der Waals surface area (Å²) in [5, 5.41) is 0. The molecule has 0 nitrogen and oxygen atoms in total. The topological polar surface area (TPSA) is 0 Å². The summed E-state index contributed by atoms with van der Waals surface area (Å²) in [4.78, 5) is 0. The van der Waals surface area contributed by atoms with Crippen LogP contribution >= 0.6 is 0 Å². The summed E-state index contributed by atoms with van der Waals surface area (Å²) in [5.41, 5.74) is 4.60. The van der Waals surface area contributed by atoms with Gasteiger partial charge in [-0.05, 0) is 184 Å². The summed E-state index contributed by atoms with van der Waals surface area (Å²) in [6.07, 6.45) is 34.4. The van der Waals surface area contributed by atoms with Gasteiger partial charge in [-0.25, -0.2) is 0 Å². The van der Waals surface area contributed by atoms with Gasteiger partial charge in [0.2, 0.25) is 0 Å².